The summed E-state index contributed by atoms with van der Waals surface area (Å²) in [6.45, 7) is 0. The number of aromatic nitrogens is 1. The minimum absolute atomic E-state index is 0.0546. The van der Waals surface area contributed by atoms with Crippen LogP contribution in [0.25, 0.3) is 0 Å². The van der Waals surface area contributed by atoms with Gasteiger partial charge >= 0.3 is 12.0 Å². The third kappa shape index (κ3) is 3.46. The second-order valence-electron chi connectivity index (χ2n) is 5.55. The molecule has 4 nitrogen and oxygen atoms in total. The Labute approximate surface area is 138 Å². The lowest BCUT2D eigenvalue weighted by Crippen LogP contribution is -2.45. The van der Waals surface area contributed by atoms with Crippen LogP contribution in [0.5, 0.6) is 0 Å². The summed E-state index contributed by atoms with van der Waals surface area (Å²) < 4.78 is 64.4. The standard InChI is InChI=1S/C16H11F5N2O2/c17-13-6-5-11(14(18)22-13)7-9-1-3-10(4-2-9)12-8-15(24,25-23-12)16(19,20)21/h1-6,24H,7-8H2. The molecule has 1 aliphatic rings. The number of pyridine rings is 1. The first-order valence-electron chi connectivity index (χ1n) is 7.12. The van der Waals surface area contributed by atoms with Crippen molar-refractivity contribution in [3.05, 3.63) is 65.0 Å². The summed E-state index contributed by atoms with van der Waals surface area (Å²) in [6, 6.07) is 8.39. The van der Waals surface area contributed by atoms with Gasteiger partial charge in [-0.1, -0.05) is 29.4 Å². The van der Waals surface area contributed by atoms with Crippen LogP contribution >= 0.6 is 0 Å². The topological polar surface area (TPSA) is 54.7 Å². The van der Waals surface area contributed by atoms with Crippen molar-refractivity contribution >= 4 is 5.71 Å². The fraction of sp³-hybridized carbons (Fsp3) is 0.250. The molecule has 25 heavy (non-hydrogen) atoms. The Morgan fingerprint density at radius 3 is 2.32 bits per heavy atom. The molecule has 0 saturated heterocycles. The molecular weight excluding hydrogens is 347 g/mol. The number of nitrogens with zero attached hydrogens (tertiary/aromatic N) is 2. The van der Waals surface area contributed by atoms with Crippen molar-refractivity contribution in [2.45, 2.75) is 24.8 Å². The Hall–Kier alpha value is -2.55. The zero-order valence-corrected chi connectivity index (χ0v) is 12.5. The Bertz CT molecular complexity index is 820. The molecule has 1 aromatic carbocycles. The van der Waals surface area contributed by atoms with Gasteiger partial charge in [-0.05, 0) is 23.3 Å². The van der Waals surface area contributed by atoms with E-state index in [-0.39, 0.29) is 17.7 Å². The van der Waals surface area contributed by atoms with Gasteiger partial charge in [-0.25, -0.2) is 0 Å². The first-order chi connectivity index (χ1) is 11.7. The van der Waals surface area contributed by atoms with Crippen LogP contribution in [-0.2, 0) is 11.3 Å². The maximum Gasteiger partial charge on any atom is 0.458 e. The second kappa shape index (κ2) is 6.07. The molecule has 3 rings (SSSR count). The molecule has 2 heterocycles. The molecule has 0 saturated carbocycles. The van der Waals surface area contributed by atoms with Crippen LogP contribution in [0.4, 0.5) is 22.0 Å². The fourth-order valence-corrected chi connectivity index (χ4v) is 2.34. The minimum Gasteiger partial charge on any atom is -0.350 e. The van der Waals surface area contributed by atoms with Gasteiger partial charge in [0.25, 0.3) is 0 Å². The summed E-state index contributed by atoms with van der Waals surface area (Å²) >= 11 is 0. The molecule has 2 aromatic rings. The average Bonchev–Trinajstić information content (AvgIpc) is 2.94. The van der Waals surface area contributed by atoms with Crippen LogP contribution in [0.1, 0.15) is 23.1 Å². The lowest BCUT2D eigenvalue weighted by atomic mass is 9.99. The minimum atomic E-state index is -4.97. The molecule has 1 N–H and O–H groups in total. The molecule has 1 aromatic heterocycles. The highest BCUT2D eigenvalue weighted by Crippen LogP contribution is 2.38. The molecule has 0 radical (unpaired) electrons. The van der Waals surface area contributed by atoms with Crippen LogP contribution in [0.3, 0.4) is 0 Å². The van der Waals surface area contributed by atoms with Crippen LogP contribution < -0.4 is 0 Å². The summed E-state index contributed by atoms with van der Waals surface area (Å²) in [7, 11) is 0. The third-order valence-electron chi connectivity index (χ3n) is 3.73. The van der Waals surface area contributed by atoms with E-state index < -0.39 is 30.3 Å². The number of benzene rings is 1. The van der Waals surface area contributed by atoms with E-state index in [4.69, 9.17) is 0 Å². The number of aliphatic hydroxyl groups is 1. The van der Waals surface area contributed by atoms with E-state index in [0.29, 0.717) is 11.1 Å². The van der Waals surface area contributed by atoms with E-state index in [1.54, 1.807) is 12.1 Å². The zero-order chi connectivity index (χ0) is 18.2. The molecule has 1 unspecified atom stereocenters. The Morgan fingerprint density at radius 2 is 1.76 bits per heavy atom. The number of rotatable bonds is 3. The number of hydrogen-bond donors (Lipinski definition) is 1. The van der Waals surface area contributed by atoms with E-state index in [1.165, 1.54) is 18.2 Å². The SMILES string of the molecule is OC1(C(F)(F)F)CC(c2ccc(Cc3ccc(F)nc3F)cc2)=NO1. The lowest BCUT2D eigenvalue weighted by molar-refractivity contribution is -0.355. The first-order valence-corrected chi connectivity index (χ1v) is 7.12. The molecule has 9 heteroatoms. The van der Waals surface area contributed by atoms with Crippen LogP contribution in [0.2, 0.25) is 0 Å². The van der Waals surface area contributed by atoms with Gasteiger partial charge in [-0.3, -0.25) is 0 Å². The molecule has 0 amide bonds. The van der Waals surface area contributed by atoms with Gasteiger partial charge in [0.05, 0.1) is 12.1 Å². The molecule has 0 bridgehead atoms. The van der Waals surface area contributed by atoms with Crippen molar-refractivity contribution in [1.82, 2.24) is 4.98 Å². The summed E-state index contributed by atoms with van der Waals surface area (Å²) in [6.07, 6.45) is -5.66. The maximum absolute atomic E-state index is 13.5. The molecule has 0 aliphatic carbocycles. The highest BCUT2D eigenvalue weighted by molar-refractivity contribution is 6.01. The number of alkyl halides is 3. The first kappa shape index (κ1) is 17.3. The van der Waals surface area contributed by atoms with E-state index in [2.05, 4.69) is 15.0 Å². The number of oxime groups is 1. The average molecular weight is 358 g/mol. The highest BCUT2D eigenvalue weighted by Gasteiger charge is 2.60. The van der Waals surface area contributed by atoms with Crippen molar-refractivity contribution in [1.29, 1.82) is 0 Å². The molecule has 0 fully saturated rings. The van der Waals surface area contributed by atoms with Gasteiger partial charge in [0.1, 0.15) is 0 Å². The van der Waals surface area contributed by atoms with E-state index in [9.17, 15) is 27.1 Å². The predicted octanol–water partition coefficient (Wildman–Crippen LogP) is 3.33. The molecular formula is C16H11F5N2O2. The van der Waals surface area contributed by atoms with Crippen LogP contribution in [0, 0.1) is 11.9 Å². The van der Waals surface area contributed by atoms with Gasteiger partial charge in [0.15, 0.2) is 0 Å². The summed E-state index contributed by atoms with van der Waals surface area (Å²) in [5.41, 5.74) is 1.10. The monoisotopic (exact) mass is 358 g/mol. The van der Waals surface area contributed by atoms with Gasteiger partial charge in [-0.2, -0.15) is 26.9 Å². The van der Waals surface area contributed by atoms with Gasteiger partial charge in [-0.15, -0.1) is 0 Å². The number of halogens is 5. The van der Waals surface area contributed by atoms with E-state index in [1.807, 2.05) is 0 Å². The Morgan fingerprint density at radius 1 is 1.08 bits per heavy atom. The van der Waals surface area contributed by atoms with Gasteiger partial charge in [0, 0.05) is 12.0 Å². The Balaban J connectivity index is 1.73. The van der Waals surface area contributed by atoms with Crippen molar-refractivity contribution < 1.29 is 31.9 Å². The summed E-state index contributed by atoms with van der Waals surface area (Å²) in [5.74, 6) is -5.18. The maximum atomic E-state index is 13.5. The van der Waals surface area contributed by atoms with Gasteiger partial charge in [0.2, 0.25) is 11.9 Å². The predicted molar refractivity (Wildman–Crippen MR) is 76.6 cm³/mol. The van der Waals surface area contributed by atoms with E-state index in [0.717, 1.165) is 6.07 Å². The molecule has 1 atom stereocenters. The smallest absolute Gasteiger partial charge is 0.350 e. The lowest BCUT2D eigenvalue weighted by Gasteiger charge is -2.22. The normalized spacial score (nSPS) is 20.3. The molecule has 0 spiro atoms. The fourth-order valence-electron chi connectivity index (χ4n) is 2.34. The Kier molecular flexibility index (Phi) is 4.19. The largest absolute Gasteiger partial charge is 0.458 e. The zero-order valence-electron chi connectivity index (χ0n) is 12.5. The second-order valence-corrected chi connectivity index (χ2v) is 5.55. The summed E-state index contributed by atoms with van der Waals surface area (Å²) in [4.78, 5) is 7.24. The molecule has 1 aliphatic heterocycles. The van der Waals surface area contributed by atoms with Crippen molar-refractivity contribution in [2.75, 3.05) is 0 Å². The molecule has 132 valence electrons. The number of hydrogen-bond acceptors (Lipinski definition) is 4. The summed E-state index contributed by atoms with van der Waals surface area (Å²) in [5, 5.41) is 12.7. The van der Waals surface area contributed by atoms with Crippen LogP contribution in [-0.4, -0.2) is 27.8 Å². The van der Waals surface area contributed by atoms with Crippen molar-refractivity contribution in [3.8, 4) is 0 Å². The van der Waals surface area contributed by atoms with Crippen LogP contribution in [0.15, 0.2) is 41.6 Å². The van der Waals surface area contributed by atoms with Gasteiger partial charge < -0.3 is 9.94 Å². The van der Waals surface area contributed by atoms with E-state index >= 15 is 0 Å². The highest BCUT2D eigenvalue weighted by atomic mass is 19.4. The van der Waals surface area contributed by atoms with Crippen molar-refractivity contribution in [3.63, 3.8) is 0 Å². The third-order valence-corrected chi connectivity index (χ3v) is 3.73. The van der Waals surface area contributed by atoms with Crippen molar-refractivity contribution in [2.24, 2.45) is 5.16 Å². The quantitative estimate of drug-likeness (QED) is 0.677.